The quantitative estimate of drug-likeness (QED) is 0.0627. The van der Waals surface area contributed by atoms with Gasteiger partial charge in [-0.3, -0.25) is 19.3 Å². The molecule has 2 aromatic carbocycles. The highest BCUT2D eigenvalue weighted by molar-refractivity contribution is 8.00. The van der Waals surface area contributed by atoms with E-state index in [1.54, 1.807) is 19.2 Å². The van der Waals surface area contributed by atoms with Crippen LogP contribution < -0.4 is 10.1 Å². The van der Waals surface area contributed by atoms with E-state index in [1.165, 1.54) is 21.7 Å². The molecule has 2 aromatic rings. The number of carbonyl (C=O) groups is 4. The van der Waals surface area contributed by atoms with Crippen LogP contribution in [0.2, 0.25) is 18.1 Å². The number of β-lactam (4-membered cyclic amide) rings is 1. The molecule has 0 saturated carbocycles. The Morgan fingerprint density at radius 2 is 1.66 bits per heavy atom. The maximum Gasteiger partial charge on any atom is 0.355 e. The summed E-state index contributed by atoms with van der Waals surface area (Å²) in [7, 11) is -0.882. The van der Waals surface area contributed by atoms with Crippen molar-refractivity contribution in [2.75, 3.05) is 19.4 Å². The highest BCUT2D eigenvalue weighted by atomic mass is 32.2. The average molecular weight is 724 g/mol. The monoisotopic (exact) mass is 723 g/mol. The van der Waals surface area contributed by atoms with E-state index in [-0.39, 0.29) is 42.1 Å². The van der Waals surface area contributed by atoms with Gasteiger partial charge in [0.2, 0.25) is 20.1 Å². The van der Waals surface area contributed by atoms with Gasteiger partial charge >= 0.3 is 5.97 Å². The molecular weight excluding hydrogens is 671 g/mol. The Kier molecular flexibility index (Phi) is 13.7. The van der Waals surface area contributed by atoms with Gasteiger partial charge in [0.1, 0.15) is 29.5 Å². The van der Waals surface area contributed by atoms with E-state index in [0.717, 1.165) is 43.2 Å². The predicted molar refractivity (Wildman–Crippen MR) is 198 cm³/mol. The minimum absolute atomic E-state index is 0.0163. The molecule has 2 atom stereocenters. The molecule has 1 N–H and O–H groups in total. The molecule has 0 spiro atoms. The fraction of sp³-hybridized carbons (Fsp3) is 0.526. The number of rotatable bonds is 17. The van der Waals surface area contributed by atoms with Crippen molar-refractivity contribution in [1.29, 1.82) is 0 Å². The van der Waals surface area contributed by atoms with Crippen molar-refractivity contribution in [3.63, 3.8) is 0 Å². The summed E-state index contributed by atoms with van der Waals surface area (Å²) in [5.41, 5.74) is 2.28. The minimum atomic E-state index is -2.46. The van der Waals surface area contributed by atoms with Crippen molar-refractivity contribution >= 4 is 43.8 Å². The maximum atomic E-state index is 13.9. The number of hydrogen-bond donors (Lipinski definition) is 1. The highest BCUT2D eigenvalue weighted by Gasteiger charge is 2.55. The first-order valence-electron chi connectivity index (χ1n) is 17.5. The van der Waals surface area contributed by atoms with Crippen LogP contribution in [0.25, 0.3) is 0 Å². The van der Waals surface area contributed by atoms with Gasteiger partial charge in [-0.15, -0.1) is 11.8 Å². The lowest BCUT2D eigenvalue weighted by Gasteiger charge is -2.50. The van der Waals surface area contributed by atoms with E-state index in [4.69, 9.17) is 14.0 Å². The van der Waals surface area contributed by atoms with Crippen LogP contribution in [0.1, 0.15) is 77.3 Å². The van der Waals surface area contributed by atoms with Gasteiger partial charge in [0, 0.05) is 12.2 Å². The number of fused-ring (bicyclic) bond motifs is 1. The number of unbranched alkanes of at least 4 members (excludes halogenated alkanes) is 4. The minimum Gasteiger partial charge on any atom is -0.497 e. The fourth-order valence-corrected chi connectivity index (χ4v) is 7.83. The molecule has 2 aliphatic rings. The van der Waals surface area contributed by atoms with E-state index in [1.807, 2.05) is 42.5 Å². The Bertz CT molecular complexity index is 1530. The van der Waals surface area contributed by atoms with Crippen molar-refractivity contribution < 1.29 is 33.2 Å². The van der Waals surface area contributed by atoms with Crippen LogP contribution in [0.4, 0.5) is 0 Å². The number of methoxy groups -OCH3 is 1. The molecule has 3 amide bonds. The normalized spacial score (nSPS) is 17.5. The second-order valence-electron chi connectivity index (χ2n) is 14.4. The van der Waals surface area contributed by atoms with Gasteiger partial charge in [0.15, 0.2) is 0 Å². The van der Waals surface area contributed by atoms with Gasteiger partial charge in [0.25, 0.3) is 5.91 Å². The van der Waals surface area contributed by atoms with Crippen LogP contribution in [0.3, 0.4) is 0 Å². The number of carbonyl (C=O) groups excluding carboxylic acids is 4. The lowest BCUT2D eigenvalue weighted by atomic mass is 10.0. The first-order chi connectivity index (χ1) is 23.8. The predicted octanol–water partition coefficient (Wildman–Crippen LogP) is 6.76. The zero-order valence-electron chi connectivity index (χ0n) is 30.6. The van der Waals surface area contributed by atoms with Gasteiger partial charge < -0.3 is 19.3 Å². The molecule has 0 bridgehead atoms. The topological polar surface area (TPSA) is 114 Å². The first-order valence-corrected chi connectivity index (χ1v) is 21.5. The molecule has 0 radical (unpaired) electrons. The summed E-state index contributed by atoms with van der Waals surface area (Å²) in [6, 6.07) is 15.7. The van der Waals surface area contributed by atoms with Crippen molar-refractivity contribution in [3.8, 4) is 5.75 Å². The third-order valence-electron chi connectivity index (χ3n) is 9.54. The molecule has 1 saturated heterocycles. The van der Waals surface area contributed by atoms with E-state index >= 15 is 0 Å². The molecule has 0 aromatic heterocycles. The molecule has 0 aliphatic carbocycles. The third kappa shape index (κ3) is 10.0. The zero-order chi connectivity index (χ0) is 36.5. The number of hydrogen-bond acceptors (Lipinski definition) is 8. The Morgan fingerprint density at radius 3 is 2.30 bits per heavy atom. The molecule has 0 unspecified atom stereocenters. The summed E-state index contributed by atoms with van der Waals surface area (Å²) >= 11 is 1.45. The first kappa shape index (κ1) is 39.2. The summed E-state index contributed by atoms with van der Waals surface area (Å²) in [5, 5.41) is 3.66. The van der Waals surface area contributed by atoms with E-state index in [0.29, 0.717) is 23.5 Å². The molecule has 272 valence electrons. The van der Waals surface area contributed by atoms with E-state index in [9.17, 15) is 19.2 Å². The molecule has 1 fully saturated rings. The Hall–Kier alpha value is -3.61. The lowest BCUT2D eigenvalue weighted by molar-refractivity contribution is -0.159. The Morgan fingerprint density at radius 1 is 0.980 bits per heavy atom. The number of nitrogens with zero attached hydrogens (tertiary/aromatic N) is 2. The van der Waals surface area contributed by atoms with E-state index < -0.39 is 31.6 Å². The molecule has 4 rings (SSSR count). The number of amides is 3. The second-order valence-corrected chi connectivity index (χ2v) is 20.2. The fourth-order valence-electron chi connectivity index (χ4n) is 5.50. The maximum absolute atomic E-state index is 13.9. The summed E-state index contributed by atoms with van der Waals surface area (Å²) in [5.74, 6) is -0.433. The van der Waals surface area contributed by atoms with Crippen molar-refractivity contribution in [2.45, 2.75) is 109 Å². The Labute approximate surface area is 302 Å². The summed E-state index contributed by atoms with van der Waals surface area (Å²) in [6.45, 7) is 12.7. The molecule has 10 nitrogen and oxygen atoms in total. The van der Waals surface area contributed by atoms with Crippen molar-refractivity contribution in [2.24, 2.45) is 0 Å². The van der Waals surface area contributed by atoms with Gasteiger partial charge in [-0.1, -0.05) is 95.8 Å². The van der Waals surface area contributed by atoms with Gasteiger partial charge in [-0.2, -0.15) is 0 Å². The van der Waals surface area contributed by atoms with Crippen LogP contribution in [0.15, 0.2) is 65.9 Å². The number of thioether (sulfide) groups is 1. The zero-order valence-corrected chi connectivity index (χ0v) is 32.4. The van der Waals surface area contributed by atoms with E-state index in [2.05, 4.69) is 46.1 Å². The molecule has 50 heavy (non-hydrogen) atoms. The number of ether oxygens (including phenoxy) is 2. The molecule has 2 heterocycles. The van der Waals surface area contributed by atoms with Crippen LogP contribution in [-0.2, 0) is 41.5 Å². The summed E-state index contributed by atoms with van der Waals surface area (Å²) in [4.78, 5) is 55.8. The van der Waals surface area contributed by atoms with Gasteiger partial charge in [-0.25, -0.2) is 9.86 Å². The smallest absolute Gasteiger partial charge is 0.355 e. The second kappa shape index (κ2) is 17.5. The van der Waals surface area contributed by atoms with Crippen LogP contribution in [0, 0.1) is 0 Å². The van der Waals surface area contributed by atoms with Crippen LogP contribution >= 0.6 is 11.8 Å². The lowest BCUT2D eigenvalue weighted by Crippen LogP contribution is -2.71. The number of benzene rings is 2. The molecular formula is C38H53N3O7SSi. The van der Waals surface area contributed by atoms with Gasteiger partial charge in [-0.05, 0) is 53.4 Å². The van der Waals surface area contributed by atoms with Crippen LogP contribution in [0.5, 0.6) is 5.75 Å². The third-order valence-corrected chi connectivity index (χ3v) is 15.2. The SMILES string of the molecule is CCCCCCCC(=O)N(CC1=C(C(=O)OCc2ccc(OC)cc2)N2C(=O)[C@@H](NC(=O)Cc3ccccc3)[C@H]2SC1)O[Si](C)(C)C(C)(C)C. The molecule has 12 heteroatoms. The summed E-state index contributed by atoms with van der Waals surface area (Å²) < 4.78 is 17.7. The van der Waals surface area contributed by atoms with Gasteiger partial charge in [0.05, 0.1) is 20.1 Å². The standard InChI is InChI=1S/C38H53N3O7SSi/c1-8-9-10-11-15-18-32(43)40(48-50(6,7)38(2,3)4)24-29-26-49-36-33(39-31(42)23-27-16-13-12-14-17-27)35(44)41(36)34(29)37(45)47-25-28-19-21-30(46-5)22-20-28/h12-14,16-17,19-22,33,36H,8-11,15,18,23-26H2,1-7H3,(H,39,42)/t33-,36-/m1/s1. The Balaban J connectivity index is 1.60. The largest absolute Gasteiger partial charge is 0.497 e. The molecule has 2 aliphatic heterocycles. The number of esters is 1. The van der Waals surface area contributed by atoms with Crippen LogP contribution in [-0.4, -0.2) is 72.8 Å². The van der Waals surface area contributed by atoms with Crippen molar-refractivity contribution in [3.05, 3.63) is 77.0 Å². The average Bonchev–Trinajstić information content (AvgIpc) is 3.08. The highest BCUT2D eigenvalue weighted by Crippen LogP contribution is 2.42. The number of nitrogens with one attached hydrogen (secondary N) is 1. The summed E-state index contributed by atoms with van der Waals surface area (Å²) in [6.07, 6.45) is 5.49. The number of hydroxylamine groups is 2. The van der Waals surface area contributed by atoms with Crippen molar-refractivity contribution in [1.82, 2.24) is 15.3 Å².